The highest BCUT2D eigenvalue weighted by atomic mass is 19.1. The van der Waals surface area contributed by atoms with E-state index in [0.717, 1.165) is 4.90 Å². The number of imide groups is 1. The summed E-state index contributed by atoms with van der Waals surface area (Å²) >= 11 is 0. The highest BCUT2D eigenvalue weighted by molar-refractivity contribution is 6.22. The average Bonchev–Trinajstić information content (AvgIpc) is 3.32. The van der Waals surface area contributed by atoms with E-state index in [4.69, 9.17) is 9.26 Å². The van der Waals surface area contributed by atoms with Crippen LogP contribution in [0.3, 0.4) is 0 Å². The molecular formula is C22H18FN3O5. The fourth-order valence-corrected chi connectivity index (χ4v) is 3.38. The highest BCUT2D eigenvalue weighted by Crippen LogP contribution is 2.28. The van der Waals surface area contributed by atoms with Crippen molar-refractivity contribution >= 4 is 17.8 Å². The van der Waals surface area contributed by atoms with Crippen LogP contribution in [0.5, 0.6) is 0 Å². The molecule has 31 heavy (non-hydrogen) atoms. The van der Waals surface area contributed by atoms with E-state index in [9.17, 15) is 18.8 Å². The molecule has 2 aromatic carbocycles. The number of esters is 1. The van der Waals surface area contributed by atoms with Crippen LogP contribution < -0.4 is 0 Å². The average molecular weight is 423 g/mol. The Morgan fingerprint density at radius 2 is 1.68 bits per heavy atom. The molecule has 0 aliphatic carbocycles. The minimum atomic E-state index is -1.10. The number of amides is 2. The fraction of sp³-hybridized carbons (Fsp3) is 0.227. The molecule has 1 aliphatic heterocycles. The molecule has 1 aromatic heterocycles. The zero-order chi connectivity index (χ0) is 22.1. The summed E-state index contributed by atoms with van der Waals surface area (Å²) in [6, 6.07) is 10.8. The Morgan fingerprint density at radius 3 is 2.26 bits per heavy atom. The zero-order valence-electron chi connectivity index (χ0n) is 16.7. The Kier molecular flexibility index (Phi) is 5.33. The Bertz CT molecular complexity index is 1120. The Hall–Kier alpha value is -3.88. The summed E-state index contributed by atoms with van der Waals surface area (Å²) in [6.07, 6.45) is 0. The second kappa shape index (κ2) is 8.10. The van der Waals surface area contributed by atoms with Gasteiger partial charge in [-0.05, 0) is 42.3 Å². The standard InChI is InChI=1S/C22H18FN3O5/c1-12(2)18(26-20(27)15-5-3-4-6-16(15)21(26)28)22(29)30-11-17-24-19(31-25-17)13-7-9-14(23)10-8-13/h3-10,12,18H,11H2,1-2H3/t18-/m0/s1. The first-order valence-electron chi connectivity index (χ1n) is 9.59. The van der Waals surface area contributed by atoms with Crippen LogP contribution in [0.2, 0.25) is 0 Å². The number of halogens is 1. The number of nitrogens with zero attached hydrogens (tertiary/aromatic N) is 3. The first-order valence-corrected chi connectivity index (χ1v) is 9.59. The van der Waals surface area contributed by atoms with E-state index in [1.54, 1.807) is 38.1 Å². The van der Waals surface area contributed by atoms with Gasteiger partial charge in [-0.15, -0.1) is 0 Å². The second-order valence-corrected chi connectivity index (χ2v) is 7.35. The number of benzene rings is 2. The summed E-state index contributed by atoms with van der Waals surface area (Å²) in [6.45, 7) is 3.13. The van der Waals surface area contributed by atoms with Crippen LogP contribution in [0.4, 0.5) is 4.39 Å². The molecule has 0 bridgehead atoms. The van der Waals surface area contributed by atoms with E-state index in [1.165, 1.54) is 24.3 Å². The number of ether oxygens (including phenoxy) is 1. The van der Waals surface area contributed by atoms with Crippen LogP contribution in [0, 0.1) is 11.7 Å². The molecule has 0 spiro atoms. The molecule has 0 unspecified atom stereocenters. The van der Waals surface area contributed by atoms with Crippen molar-refractivity contribution in [3.05, 3.63) is 71.3 Å². The minimum Gasteiger partial charge on any atom is -0.456 e. The molecule has 0 saturated heterocycles. The molecule has 2 amide bonds. The molecule has 4 rings (SSSR count). The first kappa shape index (κ1) is 20.4. The normalized spacial score (nSPS) is 14.1. The molecule has 0 fully saturated rings. The lowest BCUT2D eigenvalue weighted by atomic mass is 10.0. The third-order valence-electron chi connectivity index (χ3n) is 4.88. The van der Waals surface area contributed by atoms with Gasteiger partial charge in [-0.3, -0.25) is 14.5 Å². The summed E-state index contributed by atoms with van der Waals surface area (Å²) in [5.41, 5.74) is 1.03. The molecule has 1 atom stereocenters. The van der Waals surface area contributed by atoms with Crippen molar-refractivity contribution in [3.63, 3.8) is 0 Å². The van der Waals surface area contributed by atoms with E-state index in [-0.39, 0.29) is 35.4 Å². The SMILES string of the molecule is CC(C)[C@@H](C(=O)OCc1noc(-c2ccc(F)cc2)n1)N1C(=O)c2ccccc2C1=O. The summed E-state index contributed by atoms with van der Waals surface area (Å²) in [7, 11) is 0. The van der Waals surface area contributed by atoms with Crippen molar-refractivity contribution in [2.45, 2.75) is 26.5 Å². The predicted molar refractivity (Wildman–Crippen MR) is 105 cm³/mol. The Morgan fingerprint density at radius 1 is 1.06 bits per heavy atom. The van der Waals surface area contributed by atoms with E-state index >= 15 is 0 Å². The summed E-state index contributed by atoms with van der Waals surface area (Å²) < 4.78 is 23.5. The molecule has 8 nitrogen and oxygen atoms in total. The van der Waals surface area contributed by atoms with Crippen LogP contribution in [-0.2, 0) is 16.1 Å². The third-order valence-corrected chi connectivity index (χ3v) is 4.88. The summed E-state index contributed by atoms with van der Waals surface area (Å²) in [4.78, 5) is 43.4. The summed E-state index contributed by atoms with van der Waals surface area (Å²) in [5, 5.41) is 3.75. The van der Waals surface area contributed by atoms with Gasteiger partial charge >= 0.3 is 5.97 Å². The number of hydrogen-bond acceptors (Lipinski definition) is 7. The fourth-order valence-electron chi connectivity index (χ4n) is 3.38. The minimum absolute atomic E-state index is 0.0949. The quantitative estimate of drug-likeness (QED) is 0.443. The lowest BCUT2D eigenvalue weighted by Gasteiger charge is -2.27. The largest absolute Gasteiger partial charge is 0.456 e. The van der Waals surface area contributed by atoms with Gasteiger partial charge in [-0.2, -0.15) is 4.98 Å². The van der Waals surface area contributed by atoms with Gasteiger partial charge in [-0.25, -0.2) is 9.18 Å². The maximum absolute atomic E-state index is 13.1. The van der Waals surface area contributed by atoms with Crippen LogP contribution in [0.1, 0.15) is 40.4 Å². The van der Waals surface area contributed by atoms with E-state index < -0.39 is 29.6 Å². The summed E-state index contributed by atoms with van der Waals surface area (Å²) in [5.74, 6) is -2.36. The van der Waals surface area contributed by atoms with Gasteiger partial charge in [0.05, 0.1) is 11.1 Å². The van der Waals surface area contributed by atoms with E-state index in [2.05, 4.69) is 10.1 Å². The Balaban J connectivity index is 1.48. The number of carbonyl (C=O) groups excluding carboxylic acids is 3. The smallest absolute Gasteiger partial charge is 0.330 e. The van der Waals surface area contributed by atoms with Crippen molar-refractivity contribution < 1.29 is 28.0 Å². The molecule has 0 N–H and O–H groups in total. The third kappa shape index (κ3) is 3.81. The molecule has 3 aromatic rings. The van der Waals surface area contributed by atoms with Crippen LogP contribution >= 0.6 is 0 Å². The van der Waals surface area contributed by atoms with Gasteiger partial charge in [0.2, 0.25) is 5.82 Å². The molecular weight excluding hydrogens is 405 g/mol. The van der Waals surface area contributed by atoms with Crippen molar-refractivity contribution in [3.8, 4) is 11.5 Å². The molecule has 158 valence electrons. The van der Waals surface area contributed by atoms with E-state index in [1.807, 2.05) is 0 Å². The number of rotatable bonds is 6. The number of aromatic nitrogens is 2. The van der Waals surface area contributed by atoms with Crippen LogP contribution in [0.25, 0.3) is 11.5 Å². The van der Waals surface area contributed by atoms with Gasteiger partial charge in [0.15, 0.2) is 6.61 Å². The molecule has 0 saturated carbocycles. The molecule has 0 radical (unpaired) electrons. The number of hydrogen-bond donors (Lipinski definition) is 0. The van der Waals surface area contributed by atoms with Gasteiger partial charge in [-0.1, -0.05) is 31.1 Å². The van der Waals surface area contributed by atoms with Crippen LogP contribution in [0.15, 0.2) is 53.1 Å². The number of fused-ring (bicyclic) bond motifs is 1. The molecule has 9 heteroatoms. The number of carbonyl (C=O) groups is 3. The maximum atomic E-state index is 13.1. The predicted octanol–water partition coefficient (Wildman–Crippen LogP) is 3.24. The lowest BCUT2D eigenvalue weighted by Crippen LogP contribution is -2.48. The van der Waals surface area contributed by atoms with E-state index in [0.29, 0.717) is 5.56 Å². The van der Waals surface area contributed by atoms with Gasteiger partial charge in [0.25, 0.3) is 17.7 Å². The van der Waals surface area contributed by atoms with Gasteiger partial charge in [0, 0.05) is 5.56 Å². The first-order chi connectivity index (χ1) is 14.9. The van der Waals surface area contributed by atoms with Crippen molar-refractivity contribution in [1.29, 1.82) is 0 Å². The molecule has 1 aliphatic rings. The monoisotopic (exact) mass is 423 g/mol. The van der Waals surface area contributed by atoms with Crippen molar-refractivity contribution in [2.75, 3.05) is 0 Å². The molecule has 2 heterocycles. The highest BCUT2D eigenvalue weighted by Gasteiger charge is 2.44. The van der Waals surface area contributed by atoms with Gasteiger partial charge < -0.3 is 9.26 Å². The lowest BCUT2D eigenvalue weighted by molar-refractivity contribution is -0.151. The van der Waals surface area contributed by atoms with Crippen molar-refractivity contribution in [2.24, 2.45) is 5.92 Å². The second-order valence-electron chi connectivity index (χ2n) is 7.35. The van der Waals surface area contributed by atoms with Crippen LogP contribution in [-0.4, -0.2) is 38.9 Å². The Labute approximate surface area is 176 Å². The maximum Gasteiger partial charge on any atom is 0.330 e. The van der Waals surface area contributed by atoms with Gasteiger partial charge in [0.1, 0.15) is 11.9 Å². The van der Waals surface area contributed by atoms with Crippen molar-refractivity contribution in [1.82, 2.24) is 15.0 Å². The topological polar surface area (TPSA) is 103 Å². The zero-order valence-corrected chi connectivity index (χ0v) is 16.7.